The first-order chi connectivity index (χ1) is 12.7. The number of carbonyl (C=O) groups is 1. The van der Waals surface area contributed by atoms with E-state index in [1.54, 1.807) is 0 Å². The minimum Gasteiger partial charge on any atom is -0.352 e. The van der Waals surface area contributed by atoms with Crippen LogP contribution in [0, 0.1) is 6.92 Å². The molecule has 2 aromatic rings. The molecule has 27 heavy (non-hydrogen) atoms. The Bertz CT molecular complexity index is 940. The summed E-state index contributed by atoms with van der Waals surface area (Å²) in [5, 5.41) is 6.05. The van der Waals surface area contributed by atoms with Crippen LogP contribution in [-0.2, 0) is 11.2 Å². The van der Waals surface area contributed by atoms with Gasteiger partial charge in [-0.2, -0.15) is 13.5 Å². The molecule has 0 saturated heterocycles. The molecule has 1 heterocycles. The lowest BCUT2D eigenvalue weighted by molar-refractivity contribution is -0.120. The standard InChI is InChI=1S/C16H15Cl3F2N4O2/c1-7-23-25(16(27)24(7)15(20)21)13-5-8(10(17)6-11(13)18)4-12(19)14(26)22-9-2-3-9/h5-6,9,12,15H,2-4H2,1H3,(H,22,26). The number of rotatable bonds is 6. The minimum absolute atomic E-state index is 0.0540. The van der Waals surface area contributed by atoms with E-state index in [1.807, 2.05) is 0 Å². The Morgan fingerprint density at radius 2 is 2.00 bits per heavy atom. The SMILES string of the molecule is Cc1nn(-c2cc(CC(Cl)C(=O)NC3CC3)c(Cl)cc2Cl)c(=O)n1C(F)F. The molecule has 0 spiro atoms. The lowest BCUT2D eigenvalue weighted by Gasteiger charge is -2.13. The number of carbonyl (C=O) groups excluding carboxylic acids is 1. The van der Waals surface area contributed by atoms with Gasteiger partial charge in [0.15, 0.2) is 0 Å². The number of nitrogens with zero attached hydrogens (tertiary/aromatic N) is 3. The van der Waals surface area contributed by atoms with Gasteiger partial charge in [0.25, 0.3) is 0 Å². The molecule has 6 nitrogen and oxygen atoms in total. The predicted molar refractivity (Wildman–Crippen MR) is 98.3 cm³/mol. The highest BCUT2D eigenvalue weighted by Gasteiger charge is 2.27. The smallest absolute Gasteiger partial charge is 0.352 e. The molecule has 0 radical (unpaired) electrons. The fraction of sp³-hybridized carbons (Fsp3) is 0.438. The van der Waals surface area contributed by atoms with Crippen molar-refractivity contribution in [2.45, 2.75) is 44.2 Å². The number of aromatic nitrogens is 3. The molecule has 1 amide bonds. The molecule has 146 valence electrons. The van der Waals surface area contributed by atoms with Crippen LogP contribution in [0.1, 0.15) is 30.8 Å². The second-order valence-corrected chi connectivity index (χ2v) is 7.58. The quantitative estimate of drug-likeness (QED) is 0.701. The molecule has 1 aromatic carbocycles. The highest BCUT2D eigenvalue weighted by atomic mass is 35.5. The second-order valence-electron chi connectivity index (χ2n) is 6.24. The van der Waals surface area contributed by atoms with Crippen molar-refractivity contribution in [1.82, 2.24) is 19.7 Å². The average molecular weight is 440 g/mol. The van der Waals surface area contributed by atoms with E-state index in [2.05, 4.69) is 10.4 Å². The van der Waals surface area contributed by atoms with E-state index in [0.29, 0.717) is 5.56 Å². The van der Waals surface area contributed by atoms with Crippen molar-refractivity contribution < 1.29 is 13.6 Å². The van der Waals surface area contributed by atoms with E-state index >= 15 is 0 Å². The van der Waals surface area contributed by atoms with Gasteiger partial charge in [-0.25, -0.2) is 9.36 Å². The topological polar surface area (TPSA) is 68.9 Å². The number of benzene rings is 1. The first-order valence-corrected chi connectivity index (χ1v) is 9.27. The van der Waals surface area contributed by atoms with Crippen LogP contribution in [0.25, 0.3) is 5.69 Å². The molecule has 1 unspecified atom stereocenters. The number of nitrogens with one attached hydrogen (secondary N) is 1. The number of amides is 1. The molecule has 1 aliphatic carbocycles. The Balaban J connectivity index is 1.94. The fourth-order valence-corrected chi connectivity index (χ4v) is 3.33. The van der Waals surface area contributed by atoms with Gasteiger partial charge in [-0.15, -0.1) is 16.7 Å². The molecular weight excluding hydrogens is 425 g/mol. The Kier molecular flexibility index (Phi) is 5.79. The molecule has 1 fully saturated rings. The van der Waals surface area contributed by atoms with E-state index in [9.17, 15) is 18.4 Å². The van der Waals surface area contributed by atoms with Crippen molar-refractivity contribution in [3.63, 3.8) is 0 Å². The van der Waals surface area contributed by atoms with E-state index in [1.165, 1.54) is 19.1 Å². The number of aryl methyl sites for hydroxylation is 1. The summed E-state index contributed by atoms with van der Waals surface area (Å²) >= 11 is 18.5. The van der Waals surface area contributed by atoms with Crippen molar-refractivity contribution in [3.05, 3.63) is 44.1 Å². The van der Waals surface area contributed by atoms with Crippen LogP contribution >= 0.6 is 34.8 Å². The molecule has 1 N–H and O–H groups in total. The summed E-state index contributed by atoms with van der Waals surface area (Å²) in [6.07, 6.45) is 1.93. The number of hydrogen-bond acceptors (Lipinski definition) is 3. The lowest BCUT2D eigenvalue weighted by atomic mass is 10.1. The number of halogens is 5. The van der Waals surface area contributed by atoms with Gasteiger partial charge in [-0.3, -0.25) is 4.79 Å². The van der Waals surface area contributed by atoms with E-state index in [0.717, 1.165) is 17.5 Å². The Morgan fingerprint density at radius 3 is 2.56 bits per heavy atom. The first-order valence-electron chi connectivity index (χ1n) is 8.08. The molecule has 0 aliphatic heterocycles. The lowest BCUT2D eigenvalue weighted by Crippen LogP contribution is -2.34. The van der Waals surface area contributed by atoms with Crippen molar-refractivity contribution >= 4 is 40.7 Å². The van der Waals surface area contributed by atoms with Gasteiger partial charge >= 0.3 is 12.2 Å². The predicted octanol–water partition coefficient (Wildman–Crippen LogP) is 3.47. The van der Waals surface area contributed by atoms with Crippen LogP contribution in [0.15, 0.2) is 16.9 Å². The Hall–Kier alpha value is -1.64. The van der Waals surface area contributed by atoms with Crippen LogP contribution in [0.4, 0.5) is 8.78 Å². The van der Waals surface area contributed by atoms with Crippen LogP contribution in [0.2, 0.25) is 10.0 Å². The molecule has 1 saturated carbocycles. The van der Waals surface area contributed by atoms with Gasteiger partial charge in [-0.1, -0.05) is 23.2 Å². The van der Waals surface area contributed by atoms with Crippen LogP contribution in [-0.4, -0.2) is 31.7 Å². The van der Waals surface area contributed by atoms with E-state index < -0.39 is 17.6 Å². The highest BCUT2D eigenvalue weighted by molar-refractivity contribution is 6.36. The third kappa shape index (κ3) is 4.28. The van der Waals surface area contributed by atoms with Gasteiger partial charge in [0.2, 0.25) is 5.91 Å². The normalized spacial score (nSPS) is 15.2. The highest BCUT2D eigenvalue weighted by Crippen LogP contribution is 2.29. The summed E-state index contributed by atoms with van der Waals surface area (Å²) in [7, 11) is 0. The molecule has 11 heteroatoms. The summed E-state index contributed by atoms with van der Waals surface area (Å²) < 4.78 is 27.1. The summed E-state index contributed by atoms with van der Waals surface area (Å²) in [5.41, 5.74) is -0.514. The molecule has 3 rings (SSSR count). The zero-order valence-corrected chi connectivity index (χ0v) is 16.3. The molecule has 1 atom stereocenters. The average Bonchev–Trinajstić information content (AvgIpc) is 3.33. The van der Waals surface area contributed by atoms with Crippen molar-refractivity contribution in [1.29, 1.82) is 0 Å². The molecule has 1 aromatic heterocycles. The molecule has 0 bridgehead atoms. The summed E-state index contributed by atoms with van der Waals surface area (Å²) in [6.45, 7) is -1.75. The van der Waals surface area contributed by atoms with Gasteiger partial charge in [0.1, 0.15) is 11.2 Å². The third-order valence-corrected chi connectivity index (χ3v) is 5.13. The number of hydrogen-bond donors (Lipinski definition) is 1. The summed E-state index contributed by atoms with van der Waals surface area (Å²) in [6, 6.07) is 2.95. The maximum atomic E-state index is 13.0. The number of alkyl halides is 3. The van der Waals surface area contributed by atoms with Gasteiger partial charge in [0.05, 0.1) is 10.7 Å². The maximum Gasteiger partial charge on any atom is 0.355 e. The summed E-state index contributed by atoms with van der Waals surface area (Å²) in [4.78, 5) is 24.3. The fourth-order valence-electron chi connectivity index (χ4n) is 2.56. The zero-order chi connectivity index (χ0) is 19.9. The second kappa shape index (κ2) is 7.77. The molecular formula is C16H15Cl3F2N4O2. The first kappa shape index (κ1) is 20.1. The largest absolute Gasteiger partial charge is 0.355 e. The maximum absolute atomic E-state index is 13.0. The van der Waals surface area contributed by atoms with Crippen molar-refractivity contribution in [3.8, 4) is 5.69 Å². The zero-order valence-electron chi connectivity index (χ0n) is 14.1. The Morgan fingerprint density at radius 1 is 1.33 bits per heavy atom. The molecule has 1 aliphatic rings. The monoisotopic (exact) mass is 438 g/mol. The van der Waals surface area contributed by atoms with Gasteiger partial charge < -0.3 is 5.32 Å². The van der Waals surface area contributed by atoms with Crippen molar-refractivity contribution in [2.24, 2.45) is 0 Å². The Labute approximate surface area is 168 Å². The van der Waals surface area contributed by atoms with Crippen LogP contribution < -0.4 is 11.0 Å². The van der Waals surface area contributed by atoms with Crippen LogP contribution in [0.3, 0.4) is 0 Å². The van der Waals surface area contributed by atoms with Gasteiger partial charge in [0, 0.05) is 11.1 Å². The summed E-state index contributed by atoms with van der Waals surface area (Å²) in [5.74, 6) is -0.483. The van der Waals surface area contributed by atoms with E-state index in [4.69, 9.17) is 34.8 Å². The van der Waals surface area contributed by atoms with E-state index in [-0.39, 0.29) is 44.5 Å². The minimum atomic E-state index is -3.03. The van der Waals surface area contributed by atoms with Crippen molar-refractivity contribution in [2.75, 3.05) is 0 Å². The van der Waals surface area contributed by atoms with Gasteiger partial charge in [-0.05, 0) is 43.9 Å². The third-order valence-electron chi connectivity index (χ3n) is 4.13. The van der Waals surface area contributed by atoms with Crippen LogP contribution in [0.5, 0.6) is 0 Å².